The Labute approximate surface area is 157 Å². The molecule has 3 rings (SSSR count). The van der Waals surface area contributed by atoms with E-state index in [0.717, 1.165) is 22.4 Å². The molecule has 2 aromatic rings. The van der Waals surface area contributed by atoms with Gasteiger partial charge in [-0.05, 0) is 67.1 Å². The summed E-state index contributed by atoms with van der Waals surface area (Å²) in [5, 5.41) is 9.15. The second-order valence-electron chi connectivity index (χ2n) is 6.23. The lowest BCUT2D eigenvalue weighted by atomic mass is 9.97. The van der Waals surface area contributed by atoms with E-state index in [2.05, 4.69) is 0 Å². The molecule has 1 heterocycles. The third-order valence-corrected chi connectivity index (χ3v) is 5.24. The number of carboxylic acids is 1. The molecule has 1 amide bonds. The van der Waals surface area contributed by atoms with Crippen LogP contribution in [-0.4, -0.2) is 40.8 Å². The van der Waals surface area contributed by atoms with E-state index in [1.54, 1.807) is 35.7 Å². The summed E-state index contributed by atoms with van der Waals surface area (Å²) in [6, 6.07) is 12.8. The minimum Gasteiger partial charge on any atom is -0.481 e. The van der Waals surface area contributed by atoms with E-state index in [0.29, 0.717) is 18.8 Å². The second-order valence-corrected chi connectivity index (χ2v) is 7.11. The minimum atomic E-state index is -0.957. The Balaban J connectivity index is 1.67. The molecule has 136 valence electrons. The number of fused-ring (bicyclic) bond motifs is 1. The van der Waals surface area contributed by atoms with Crippen LogP contribution in [0, 0.1) is 0 Å². The van der Waals surface area contributed by atoms with Crippen molar-refractivity contribution in [3.63, 3.8) is 0 Å². The van der Waals surface area contributed by atoms with Crippen LogP contribution in [0.25, 0.3) is 0 Å². The number of ether oxygens (including phenoxy) is 1. The molecule has 5 nitrogen and oxygen atoms in total. The second kappa shape index (κ2) is 7.83. The van der Waals surface area contributed by atoms with Crippen LogP contribution >= 0.6 is 11.8 Å². The molecular formula is C20H21NO4S. The molecule has 6 heteroatoms. The summed E-state index contributed by atoms with van der Waals surface area (Å²) < 4.78 is 5.78. The number of carboxylic acid groups (broad SMARTS) is 1. The van der Waals surface area contributed by atoms with Crippen LogP contribution in [0.15, 0.2) is 47.4 Å². The Hall–Kier alpha value is -2.47. The van der Waals surface area contributed by atoms with Crippen molar-refractivity contribution >= 4 is 23.6 Å². The molecule has 2 aromatic carbocycles. The van der Waals surface area contributed by atoms with Crippen LogP contribution < -0.4 is 4.74 Å². The zero-order chi connectivity index (χ0) is 18.7. The lowest BCUT2D eigenvalue weighted by molar-refractivity contribution is -0.138. The summed E-state index contributed by atoms with van der Waals surface area (Å²) in [6.45, 7) is 2.76. The standard InChI is InChI=1S/C20H21NO4S/c1-13(25-17-5-7-18(26-2)8-6-17)19(22)21-10-9-14-3-4-15(20(23)24)11-16(14)12-21/h3-8,11,13H,9-10,12H2,1-2H3,(H,23,24). The van der Waals surface area contributed by atoms with Gasteiger partial charge in [-0.15, -0.1) is 11.8 Å². The van der Waals surface area contributed by atoms with Crippen molar-refractivity contribution in [2.45, 2.75) is 30.9 Å². The average Bonchev–Trinajstić information content (AvgIpc) is 2.67. The fraction of sp³-hybridized carbons (Fsp3) is 0.300. The van der Waals surface area contributed by atoms with Gasteiger partial charge < -0.3 is 14.7 Å². The van der Waals surface area contributed by atoms with E-state index in [1.807, 2.05) is 36.6 Å². The molecule has 0 saturated carbocycles. The van der Waals surface area contributed by atoms with Crippen LogP contribution in [-0.2, 0) is 17.8 Å². The van der Waals surface area contributed by atoms with Crippen molar-refractivity contribution < 1.29 is 19.4 Å². The smallest absolute Gasteiger partial charge is 0.335 e. The Bertz CT molecular complexity index is 819. The number of benzene rings is 2. The summed E-state index contributed by atoms with van der Waals surface area (Å²) in [4.78, 5) is 26.8. The number of rotatable bonds is 5. The summed E-state index contributed by atoms with van der Waals surface area (Å²) in [5.74, 6) is -0.388. The molecule has 1 unspecified atom stereocenters. The topological polar surface area (TPSA) is 66.8 Å². The lowest BCUT2D eigenvalue weighted by Crippen LogP contribution is -2.43. The van der Waals surface area contributed by atoms with Crippen molar-refractivity contribution in [3.05, 3.63) is 59.2 Å². The van der Waals surface area contributed by atoms with Gasteiger partial charge in [-0.1, -0.05) is 6.07 Å². The van der Waals surface area contributed by atoms with Crippen LogP contribution in [0.2, 0.25) is 0 Å². The third-order valence-electron chi connectivity index (χ3n) is 4.50. The van der Waals surface area contributed by atoms with Gasteiger partial charge in [-0.2, -0.15) is 0 Å². The first-order valence-corrected chi connectivity index (χ1v) is 9.65. The summed E-state index contributed by atoms with van der Waals surface area (Å²) in [6.07, 6.45) is 2.13. The number of thioether (sulfide) groups is 1. The molecule has 0 bridgehead atoms. The fourth-order valence-electron chi connectivity index (χ4n) is 3.04. The molecule has 26 heavy (non-hydrogen) atoms. The number of amides is 1. The van der Waals surface area contributed by atoms with Crippen LogP contribution in [0.3, 0.4) is 0 Å². The summed E-state index contributed by atoms with van der Waals surface area (Å²) in [5.41, 5.74) is 2.23. The highest BCUT2D eigenvalue weighted by Crippen LogP contribution is 2.23. The first-order chi connectivity index (χ1) is 12.5. The number of hydrogen-bond donors (Lipinski definition) is 1. The summed E-state index contributed by atoms with van der Waals surface area (Å²) >= 11 is 1.65. The molecule has 0 aliphatic carbocycles. The maximum atomic E-state index is 12.7. The van der Waals surface area contributed by atoms with Gasteiger partial charge in [0, 0.05) is 18.0 Å². The van der Waals surface area contributed by atoms with Gasteiger partial charge in [-0.25, -0.2) is 4.79 Å². The van der Waals surface area contributed by atoms with Crippen molar-refractivity contribution in [3.8, 4) is 5.75 Å². The first kappa shape index (κ1) is 18.3. The molecule has 0 saturated heterocycles. The molecule has 0 fully saturated rings. The predicted molar refractivity (Wildman–Crippen MR) is 101 cm³/mol. The van der Waals surface area contributed by atoms with Gasteiger partial charge >= 0.3 is 5.97 Å². The summed E-state index contributed by atoms with van der Waals surface area (Å²) in [7, 11) is 0. The zero-order valence-electron chi connectivity index (χ0n) is 14.8. The Morgan fingerprint density at radius 2 is 1.88 bits per heavy atom. The SMILES string of the molecule is CSc1ccc(OC(C)C(=O)N2CCc3ccc(C(=O)O)cc3C2)cc1. The van der Waals surface area contributed by atoms with Gasteiger partial charge in [0.1, 0.15) is 5.75 Å². The Kier molecular flexibility index (Phi) is 5.52. The zero-order valence-corrected chi connectivity index (χ0v) is 15.6. The molecule has 1 aliphatic heterocycles. The van der Waals surface area contributed by atoms with E-state index in [9.17, 15) is 9.59 Å². The molecule has 0 radical (unpaired) electrons. The largest absolute Gasteiger partial charge is 0.481 e. The van der Waals surface area contributed by atoms with Gasteiger partial charge in [0.05, 0.1) is 5.56 Å². The van der Waals surface area contributed by atoms with Gasteiger partial charge in [0.25, 0.3) is 5.91 Å². The molecule has 0 aromatic heterocycles. The van der Waals surface area contributed by atoms with Gasteiger partial charge in [0.15, 0.2) is 6.10 Å². The Morgan fingerprint density at radius 3 is 2.54 bits per heavy atom. The average molecular weight is 371 g/mol. The normalized spacial score (nSPS) is 14.5. The van der Waals surface area contributed by atoms with Crippen LogP contribution in [0.1, 0.15) is 28.4 Å². The van der Waals surface area contributed by atoms with Crippen LogP contribution in [0.5, 0.6) is 5.75 Å². The third kappa shape index (κ3) is 4.02. The van der Waals surface area contributed by atoms with Crippen molar-refractivity contribution in [1.29, 1.82) is 0 Å². The maximum absolute atomic E-state index is 12.7. The van der Waals surface area contributed by atoms with Crippen molar-refractivity contribution in [1.82, 2.24) is 4.90 Å². The number of hydrogen-bond acceptors (Lipinski definition) is 4. The minimum absolute atomic E-state index is 0.0923. The lowest BCUT2D eigenvalue weighted by Gasteiger charge is -2.31. The fourth-order valence-corrected chi connectivity index (χ4v) is 3.45. The maximum Gasteiger partial charge on any atom is 0.335 e. The molecule has 1 N–H and O–H groups in total. The van der Waals surface area contributed by atoms with E-state index in [4.69, 9.17) is 9.84 Å². The molecule has 1 aliphatic rings. The Morgan fingerprint density at radius 1 is 1.15 bits per heavy atom. The number of aromatic carboxylic acids is 1. The molecule has 1 atom stereocenters. The van der Waals surface area contributed by atoms with E-state index < -0.39 is 12.1 Å². The number of carbonyl (C=O) groups is 2. The monoisotopic (exact) mass is 371 g/mol. The van der Waals surface area contributed by atoms with Crippen LogP contribution in [0.4, 0.5) is 0 Å². The molecule has 0 spiro atoms. The van der Waals surface area contributed by atoms with E-state index in [1.165, 1.54) is 0 Å². The van der Waals surface area contributed by atoms with E-state index in [-0.39, 0.29) is 11.5 Å². The molecular weight excluding hydrogens is 350 g/mol. The number of carbonyl (C=O) groups excluding carboxylic acids is 1. The van der Waals surface area contributed by atoms with Crippen molar-refractivity contribution in [2.75, 3.05) is 12.8 Å². The number of nitrogens with zero attached hydrogens (tertiary/aromatic N) is 1. The first-order valence-electron chi connectivity index (χ1n) is 8.42. The highest BCUT2D eigenvalue weighted by Gasteiger charge is 2.26. The van der Waals surface area contributed by atoms with Gasteiger partial charge in [-0.3, -0.25) is 4.79 Å². The quantitative estimate of drug-likeness (QED) is 0.816. The predicted octanol–water partition coefficient (Wildman–Crippen LogP) is 3.46. The van der Waals surface area contributed by atoms with Crippen molar-refractivity contribution in [2.24, 2.45) is 0 Å². The highest BCUT2D eigenvalue weighted by atomic mass is 32.2. The highest BCUT2D eigenvalue weighted by molar-refractivity contribution is 7.98. The van der Waals surface area contributed by atoms with Gasteiger partial charge in [0.2, 0.25) is 0 Å². The van der Waals surface area contributed by atoms with E-state index >= 15 is 0 Å².